The van der Waals surface area contributed by atoms with E-state index in [4.69, 9.17) is 9.47 Å². The number of allylic oxidation sites excluding steroid dienone is 4. The van der Waals surface area contributed by atoms with E-state index < -0.39 is 16.6 Å². The van der Waals surface area contributed by atoms with Crippen LogP contribution >= 0.6 is 0 Å². The van der Waals surface area contributed by atoms with E-state index in [9.17, 15) is 9.59 Å². The van der Waals surface area contributed by atoms with E-state index in [1.54, 1.807) is 0 Å². The molecule has 0 amide bonds. The monoisotopic (exact) mass is 416 g/mol. The minimum absolute atomic E-state index is 0.0416. The zero-order valence-corrected chi connectivity index (χ0v) is 19.9. The van der Waals surface area contributed by atoms with Gasteiger partial charge in [-0.3, -0.25) is 9.59 Å². The predicted molar refractivity (Wildman–Crippen MR) is 119 cm³/mol. The van der Waals surface area contributed by atoms with Crippen LogP contribution in [-0.2, 0) is 19.1 Å². The van der Waals surface area contributed by atoms with E-state index in [2.05, 4.69) is 31.2 Å². The van der Waals surface area contributed by atoms with Crippen molar-refractivity contribution in [2.75, 3.05) is 0 Å². The number of hydrogen-bond donors (Lipinski definition) is 0. The quantitative estimate of drug-likeness (QED) is 0.385. The van der Waals surface area contributed by atoms with Gasteiger partial charge in [0.2, 0.25) is 0 Å². The summed E-state index contributed by atoms with van der Waals surface area (Å²) < 4.78 is 12.3. The van der Waals surface area contributed by atoms with Crippen molar-refractivity contribution in [3.8, 4) is 0 Å². The molecule has 0 aromatic rings. The van der Waals surface area contributed by atoms with Gasteiger partial charge in [0.05, 0.1) is 11.8 Å². The summed E-state index contributed by atoms with van der Waals surface area (Å²) in [6.45, 7) is 14.0. The molecule has 0 aromatic carbocycles. The van der Waals surface area contributed by atoms with Gasteiger partial charge in [0.1, 0.15) is 11.2 Å². The average Bonchev–Trinajstić information content (AvgIpc) is 3.30. The molecule has 3 aliphatic rings. The van der Waals surface area contributed by atoms with E-state index in [0.29, 0.717) is 11.8 Å². The molecule has 0 spiro atoms. The average molecular weight is 417 g/mol. The van der Waals surface area contributed by atoms with Gasteiger partial charge >= 0.3 is 11.9 Å². The molecule has 0 aliphatic heterocycles. The highest BCUT2D eigenvalue weighted by Crippen LogP contribution is 2.48. The second-order valence-electron chi connectivity index (χ2n) is 11.1. The molecule has 4 heteroatoms. The van der Waals surface area contributed by atoms with Crippen molar-refractivity contribution in [1.82, 2.24) is 0 Å². The Morgan fingerprint density at radius 1 is 0.867 bits per heavy atom. The first kappa shape index (κ1) is 23.1. The largest absolute Gasteiger partial charge is 0.459 e. The van der Waals surface area contributed by atoms with Gasteiger partial charge in [-0.05, 0) is 77.6 Å². The van der Waals surface area contributed by atoms with Crippen LogP contribution < -0.4 is 0 Å². The van der Waals surface area contributed by atoms with E-state index in [-0.39, 0.29) is 29.7 Å². The fraction of sp³-hybridized carbons (Fsp3) is 0.769. The number of carbonyl (C=O) groups excluding carboxylic acids is 2. The van der Waals surface area contributed by atoms with Gasteiger partial charge in [-0.25, -0.2) is 0 Å². The van der Waals surface area contributed by atoms with Crippen molar-refractivity contribution in [3.63, 3.8) is 0 Å². The van der Waals surface area contributed by atoms with Crippen molar-refractivity contribution in [2.45, 2.75) is 91.8 Å². The molecule has 2 bridgehead atoms. The van der Waals surface area contributed by atoms with Crippen LogP contribution in [-0.4, -0.2) is 23.1 Å². The van der Waals surface area contributed by atoms with Gasteiger partial charge in [-0.15, -0.1) is 0 Å². The second-order valence-corrected chi connectivity index (χ2v) is 11.1. The molecule has 1 saturated carbocycles. The molecular weight excluding hydrogens is 376 g/mol. The Morgan fingerprint density at radius 3 is 1.97 bits per heavy atom. The zero-order valence-electron chi connectivity index (χ0n) is 19.9. The van der Waals surface area contributed by atoms with Gasteiger partial charge in [0.15, 0.2) is 0 Å². The van der Waals surface area contributed by atoms with Crippen LogP contribution in [0.25, 0.3) is 0 Å². The normalized spacial score (nSPS) is 31.1. The van der Waals surface area contributed by atoms with Crippen molar-refractivity contribution < 1.29 is 19.1 Å². The Bertz CT molecular complexity index is 727. The van der Waals surface area contributed by atoms with E-state index in [0.717, 1.165) is 32.1 Å². The van der Waals surface area contributed by atoms with Crippen LogP contribution in [0.15, 0.2) is 24.3 Å². The first-order chi connectivity index (χ1) is 13.9. The Hall–Kier alpha value is -1.58. The molecule has 0 radical (unpaired) electrons. The molecule has 5 atom stereocenters. The Morgan fingerprint density at radius 2 is 1.47 bits per heavy atom. The van der Waals surface area contributed by atoms with E-state index >= 15 is 0 Å². The van der Waals surface area contributed by atoms with Gasteiger partial charge in [0.25, 0.3) is 0 Å². The number of rotatable bonds is 7. The highest BCUT2D eigenvalue weighted by molar-refractivity contribution is 5.75. The third-order valence-electron chi connectivity index (χ3n) is 8.62. The van der Waals surface area contributed by atoms with Crippen LogP contribution in [0.5, 0.6) is 0 Å². The molecule has 5 unspecified atom stereocenters. The van der Waals surface area contributed by atoms with Crippen LogP contribution in [0.4, 0.5) is 0 Å². The maximum atomic E-state index is 13.1. The summed E-state index contributed by atoms with van der Waals surface area (Å²) in [6, 6.07) is 0. The summed E-state index contributed by atoms with van der Waals surface area (Å²) in [6.07, 6.45) is 13.4. The van der Waals surface area contributed by atoms with Crippen molar-refractivity contribution >= 4 is 11.9 Å². The summed E-state index contributed by atoms with van der Waals surface area (Å²) in [5.41, 5.74) is -2.15. The van der Waals surface area contributed by atoms with Crippen LogP contribution in [0.2, 0.25) is 0 Å². The smallest absolute Gasteiger partial charge is 0.310 e. The first-order valence-corrected chi connectivity index (χ1v) is 11.7. The fourth-order valence-electron chi connectivity index (χ4n) is 5.29. The number of hydrogen-bond acceptors (Lipinski definition) is 4. The van der Waals surface area contributed by atoms with Crippen molar-refractivity contribution in [2.24, 2.45) is 35.0 Å². The molecule has 1 fully saturated rings. The topological polar surface area (TPSA) is 52.6 Å². The Labute approximate surface area is 182 Å². The number of esters is 2. The first-order valence-electron chi connectivity index (χ1n) is 11.7. The minimum Gasteiger partial charge on any atom is -0.459 e. The third-order valence-corrected chi connectivity index (χ3v) is 8.62. The van der Waals surface area contributed by atoms with Gasteiger partial charge in [-0.2, -0.15) is 0 Å². The maximum Gasteiger partial charge on any atom is 0.310 e. The van der Waals surface area contributed by atoms with Crippen molar-refractivity contribution in [3.05, 3.63) is 24.3 Å². The standard InChI is InChI=1S/C26H40O4/c1-8-18-11-9-10-12-20(18)22(27)29-25(4,5)24(2,3)26(6,7)30-23(28)21-16-17-13-14-19(21)15-17/h9,11,13-14,17-21H,8,10,12,15-16H2,1-7H3. The third kappa shape index (κ3) is 4.11. The minimum atomic E-state index is -0.790. The summed E-state index contributed by atoms with van der Waals surface area (Å²) >= 11 is 0. The lowest BCUT2D eigenvalue weighted by molar-refractivity contribution is -0.211. The molecule has 3 aliphatic carbocycles. The predicted octanol–water partition coefficient (Wildman–Crippen LogP) is 5.86. The summed E-state index contributed by atoms with van der Waals surface area (Å²) in [4.78, 5) is 26.1. The molecule has 30 heavy (non-hydrogen) atoms. The maximum absolute atomic E-state index is 13.1. The second kappa shape index (κ2) is 8.16. The lowest BCUT2D eigenvalue weighted by Gasteiger charge is -2.50. The van der Waals surface area contributed by atoms with Gasteiger partial charge in [0, 0.05) is 5.41 Å². The molecule has 4 nitrogen and oxygen atoms in total. The van der Waals surface area contributed by atoms with E-state index in [1.165, 1.54) is 0 Å². The van der Waals surface area contributed by atoms with Gasteiger partial charge < -0.3 is 9.47 Å². The lowest BCUT2D eigenvalue weighted by Crippen LogP contribution is -2.57. The van der Waals surface area contributed by atoms with Crippen molar-refractivity contribution in [1.29, 1.82) is 0 Å². The summed E-state index contributed by atoms with van der Waals surface area (Å²) in [5, 5.41) is 0. The number of carbonyl (C=O) groups is 2. The van der Waals surface area contributed by atoms with Crippen LogP contribution in [0.3, 0.4) is 0 Å². The molecule has 0 aromatic heterocycles. The Balaban J connectivity index is 1.69. The lowest BCUT2D eigenvalue weighted by atomic mass is 9.66. The zero-order chi connectivity index (χ0) is 22.3. The molecule has 0 N–H and O–H groups in total. The summed E-state index contributed by atoms with van der Waals surface area (Å²) in [5.74, 6) is 0.693. The SMILES string of the molecule is CCC1C=CCCC1C(=O)OC(C)(C)C(C)(C)C(C)(C)OC(=O)C1CC2C=CC1C2. The number of fused-ring (bicyclic) bond motifs is 2. The van der Waals surface area contributed by atoms with Crippen LogP contribution in [0, 0.1) is 35.0 Å². The fourth-order valence-corrected chi connectivity index (χ4v) is 5.29. The molecule has 3 rings (SSSR count). The molecular formula is C26H40O4. The highest BCUT2D eigenvalue weighted by Gasteiger charge is 2.54. The van der Waals surface area contributed by atoms with Gasteiger partial charge in [-0.1, -0.05) is 45.1 Å². The highest BCUT2D eigenvalue weighted by atomic mass is 16.6. The molecule has 0 heterocycles. The summed E-state index contributed by atoms with van der Waals surface area (Å²) in [7, 11) is 0. The number of ether oxygens (including phenoxy) is 2. The van der Waals surface area contributed by atoms with Crippen LogP contribution in [0.1, 0.15) is 80.6 Å². The molecule has 168 valence electrons. The van der Waals surface area contributed by atoms with E-state index in [1.807, 2.05) is 41.5 Å². The Kier molecular flexibility index (Phi) is 6.28. The molecule has 0 saturated heterocycles.